The third-order valence-corrected chi connectivity index (χ3v) is 3.63. The number of benzene rings is 2. The Labute approximate surface area is 120 Å². The molecule has 1 N–H and O–H groups in total. The minimum atomic E-state index is -0.0734. The van der Waals surface area contributed by atoms with Crippen LogP contribution in [0.5, 0.6) is 0 Å². The van der Waals surface area contributed by atoms with Crippen LogP contribution < -0.4 is 5.56 Å². The molecule has 4 aromatic rings. The van der Waals surface area contributed by atoms with E-state index in [-0.39, 0.29) is 5.56 Å². The molecule has 0 aliphatic rings. The molecule has 0 atom stereocenters. The molecule has 4 nitrogen and oxygen atoms in total. The van der Waals surface area contributed by atoms with Gasteiger partial charge in [-0.15, -0.1) is 0 Å². The van der Waals surface area contributed by atoms with E-state index in [0.717, 1.165) is 27.9 Å². The van der Waals surface area contributed by atoms with Crippen molar-refractivity contribution in [2.75, 3.05) is 0 Å². The summed E-state index contributed by atoms with van der Waals surface area (Å²) in [5.74, 6) is 0.571. The SMILES string of the molecule is Cc1ccc2nc3[nH]c(-c4ccccc4)cc(=O)n3c2c1. The zero-order valence-electron chi connectivity index (χ0n) is 11.5. The van der Waals surface area contributed by atoms with Crippen LogP contribution in [0.4, 0.5) is 0 Å². The summed E-state index contributed by atoms with van der Waals surface area (Å²) < 4.78 is 1.62. The Bertz CT molecular complexity index is 1010. The van der Waals surface area contributed by atoms with E-state index in [2.05, 4.69) is 9.97 Å². The van der Waals surface area contributed by atoms with Gasteiger partial charge in [-0.2, -0.15) is 0 Å². The first kappa shape index (κ1) is 11.9. The van der Waals surface area contributed by atoms with Crippen molar-refractivity contribution >= 4 is 16.8 Å². The lowest BCUT2D eigenvalue weighted by Crippen LogP contribution is -2.13. The average Bonchev–Trinajstić information content (AvgIpc) is 2.86. The first-order valence-corrected chi connectivity index (χ1v) is 6.80. The topological polar surface area (TPSA) is 50.2 Å². The van der Waals surface area contributed by atoms with E-state index < -0.39 is 0 Å². The molecule has 21 heavy (non-hydrogen) atoms. The van der Waals surface area contributed by atoms with Gasteiger partial charge in [0, 0.05) is 6.07 Å². The summed E-state index contributed by atoms with van der Waals surface area (Å²) in [5, 5.41) is 0. The van der Waals surface area contributed by atoms with Gasteiger partial charge in [-0.05, 0) is 30.2 Å². The maximum Gasteiger partial charge on any atom is 0.260 e. The van der Waals surface area contributed by atoms with Gasteiger partial charge < -0.3 is 4.98 Å². The van der Waals surface area contributed by atoms with E-state index >= 15 is 0 Å². The zero-order valence-corrected chi connectivity index (χ0v) is 11.5. The predicted octanol–water partition coefficient (Wildman–Crippen LogP) is 3.15. The predicted molar refractivity (Wildman–Crippen MR) is 83.5 cm³/mol. The van der Waals surface area contributed by atoms with Crippen LogP contribution in [0.1, 0.15) is 5.56 Å². The van der Waals surface area contributed by atoms with Crippen molar-refractivity contribution in [3.05, 3.63) is 70.5 Å². The number of aromatic amines is 1. The molecule has 0 unspecified atom stereocenters. The fourth-order valence-corrected chi connectivity index (χ4v) is 2.61. The van der Waals surface area contributed by atoms with E-state index in [0.29, 0.717) is 5.78 Å². The quantitative estimate of drug-likeness (QED) is 0.580. The van der Waals surface area contributed by atoms with Gasteiger partial charge in [0.15, 0.2) is 0 Å². The van der Waals surface area contributed by atoms with E-state index in [9.17, 15) is 4.79 Å². The number of aryl methyl sites for hydroxylation is 1. The van der Waals surface area contributed by atoms with E-state index in [1.165, 1.54) is 0 Å². The number of rotatable bonds is 1. The molecular formula is C17H13N3O. The maximum atomic E-state index is 12.5. The Morgan fingerprint density at radius 1 is 1.05 bits per heavy atom. The first-order valence-electron chi connectivity index (χ1n) is 6.80. The average molecular weight is 275 g/mol. The summed E-state index contributed by atoms with van der Waals surface area (Å²) in [5.41, 5.74) is 4.44. The van der Waals surface area contributed by atoms with Crippen molar-refractivity contribution in [3.63, 3.8) is 0 Å². The third-order valence-electron chi connectivity index (χ3n) is 3.63. The molecule has 0 amide bonds. The molecule has 102 valence electrons. The van der Waals surface area contributed by atoms with Crippen LogP contribution in [0.15, 0.2) is 59.4 Å². The number of imidazole rings is 1. The summed E-state index contributed by atoms with van der Waals surface area (Å²) >= 11 is 0. The van der Waals surface area contributed by atoms with Crippen molar-refractivity contribution in [1.82, 2.24) is 14.4 Å². The molecule has 2 aromatic carbocycles. The van der Waals surface area contributed by atoms with Crippen molar-refractivity contribution in [2.45, 2.75) is 6.92 Å². The number of aromatic nitrogens is 3. The van der Waals surface area contributed by atoms with Gasteiger partial charge in [-0.1, -0.05) is 36.4 Å². The molecular weight excluding hydrogens is 262 g/mol. The van der Waals surface area contributed by atoms with E-state index in [1.54, 1.807) is 10.5 Å². The number of hydrogen-bond acceptors (Lipinski definition) is 2. The summed E-state index contributed by atoms with van der Waals surface area (Å²) in [7, 11) is 0. The molecule has 2 heterocycles. The molecule has 0 bridgehead atoms. The van der Waals surface area contributed by atoms with Gasteiger partial charge in [-0.25, -0.2) is 9.38 Å². The van der Waals surface area contributed by atoms with Crippen LogP contribution in [-0.2, 0) is 0 Å². The highest BCUT2D eigenvalue weighted by molar-refractivity contribution is 5.80. The Morgan fingerprint density at radius 3 is 2.67 bits per heavy atom. The second-order valence-electron chi connectivity index (χ2n) is 5.15. The van der Waals surface area contributed by atoms with Crippen molar-refractivity contribution in [2.24, 2.45) is 0 Å². The normalized spacial score (nSPS) is 11.3. The smallest absolute Gasteiger partial charge is 0.260 e. The molecule has 0 aliphatic heterocycles. The summed E-state index contributed by atoms with van der Waals surface area (Å²) in [4.78, 5) is 20.2. The van der Waals surface area contributed by atoms with Crippen molar-refractivity contribution in [1.29, 1.82) is 0 Å². The molecule has 4 heteroatoms. The van der Waals surface area contributed by atoms with Crippen LogP contribution in [0.25, 0.3) is 28.1 Å². The molecule has 0 saturated carbocycles. The lowest BCUT2D eigenvalue weighted by Gasteiger charge is -2.02. The van der Waals surface area contributed by atoms with Gasteiger partial charge in [0.25, 0.3) is 5.56 Å². The Hall–Kier alpha value is -2.88. The number of H-pyrrole nitrogens is 1. The van der Waals surface area contributed by atoms with Crippen LogP contribution in [-0.4, -0.2) is 14.4 Å². The number of hydrogen-bond donors (Lipinski definition) is 1. The second kappa shape index (κ2) is 4.31. The molecule has 0 radical (unpaired) electrons. The van der Waals surface area contributed by atoms with Crippen LogP contribution in [0.3, 0.4) is 0 Å². The lowest BCUT2D eigenvalue weighted by molar-refractivity contribution is 1.08. The molecule has 4 rings (SSSR count). The molecule has 0 aliphatic carbocycles. The van der Waals surface area contributed by atoms with Crippen LogP contribution in [0, 0.1) is 6.92 Å². The standard InChI is InChI=1S/C17H13N3O/c1-11-7-8-13-15(9-11)20-16(21)10-14(19-17(20)18-13)12-5-3-2-4-6-12/h2-10H,1H3,(H,18,19). The fourth-order valence-electron chi connectivity index (χ4n) is 2.61. The highest BCUT2D eigenvalue weighted by Crippen LogP contribution is 2.19. The van der Waals surface area contributed by atoms with Gasteiger partial charge in [-0.3, -0.25) is 4.79 Å². The third kappa shape index (κ3) is 1.84. The highest BCUT2D eigenvalue weighted by atomic mass is 16.1. The Kier molecular flexibility index (Phi) is 2.44. The van der Waals surface area contributed by atoms with Gasteiger partial charge >= 0.3 is 0 Å². The molecule has 0 spiro atoms. The Balaban J connectivity index is 2.08. The summed E-state index contributed by atoms with van der Waals surface area (Å²) in [6.07, 6.45) is 0. The largest absolute Gasteiger partial charge is 0.324 e. The fraction of sp³-hybridized carbons (Fsp3) is 0.0588. The minimum Gasteiger partial charge on any atom is -0.324 e. The van der Waals surface area contributed by atoms with Crippen LogP contribution in [0.2, 0.25) is 0 Å². The van der Waals surface area contributed by atoms with Gasteiger partial charge in [0.1, 0.15) is 0 Å². The zero-order chi connectivity index (χ0) is 14.4. The number of nitrogens with zero attached hydrogens (tertiary/aromatic N) is 2. The van der Waals surface area contributed by atoms with E-state index in [1.807, 2.05) is 55.5 Å². The number of nitrogens with one attached hydrogen (secondary N) is 1. The van der Waals surface area contributed by atoms with Gasteiger partial charge in [0.2, 0.25) is 5.78 Å². The summed E-state index contributed by atoms with van der Waals surface area (Å²) in [6, 6.07) is 17.3. The van der Waals surface area contributed by atoms with E-state index in [4.69, 9.17) is 0 Å². The summed E-state index contributed by atoms with van der Waals surface area (Å²) in [6.45, 7) is 2.01. The molecule has 0 saturated heterocycles. The van der Waals surface area contributed by atoms with Crippen LogP contribution >= 0.6 is 0 Å². The highest BCUT2D eigenvalue weighted by Gasteiger charge is 2.09. The van der Waals surface area contributed by atoms with Crippen molar-refractivity contribution < 1.29 is 0 Å². The lowest BCUT2D eigenvalue weighted by atomic mass is 10.1. The second-order valence-corrected chi connectivity index (χ2v) is 5.15. The monoisotopic (exact) mass is 275 g/mol. The maximum absolute atomic E-state index is 12.5. The first-order chi connectivity index (χ1) is 10.2. The minimum absolute atomic E-state index is 0.0734. The Morgan fingerprint density at radius 2 is 1.86 bits per heavy atom. The van der Waals surface area contributed by atoms with Crippen molar-refractivity contribution in [3.8, 4) is 11.3 Å². The number of fused-ring (bicyclic) bond motifs is 3. The molecule has 0 fully saturated rings. The molecule has 2 aromatic heterocycles. The van der Waals surface area contributed by atoms with Gasteiger partial charge in [0.05, 0.1) is 16.7 Å².